The van der Waals surface area contributed by atoms with E-state index in [4.69, 9.17) is 0 Å². The SMILES string of the molecule is OC(c1ccc2[nH]ccc2c1)c1ccccc1C(F)(F)F. The number of rotatable bonds is 2. The Bertz CT molecular complexity index is 776. The van der Waals surface area contributed by atoms with Gasteiger partial charge in [-0.2, -0.15) is 13.2 Å². The molecule has 0 bridgehead atoms. The fourth-order valence-electron chi connectivity index (χ4n) is 2.42. The van der Waals surface area contributed by atoms with Crippen molar-refractivity contribution in [1.29, 1.82) is 0 Å². The Morgan fingerprint density at radius 3 is 2.52 bits per heavy atom. The maximum Gasteiger partial charge on any atom is 0.416 e. The summed E-state index contributed by atoms with van der Waals surface area (Å²) in [4.78, 5) is 3.00. The van der Waals surface area contributed by atoms with E-state index in [1.807, 2.05) is 0 Å². The van der Waals surface area contributed by atoms with Crippen LogP contribution >= 0.6 is 0 Å². The molecule has 0 aliphatic rings. The smallest absolute Gasteiger partial charge is 0.384 e. The lowest BCUT2D eigenvalue weighted by Crippen LogP contribution is -2.12. The standard InChI is InChI=1S/C16H12F3NO/c17-16(18,19)13-4-2-1-3-12(13)15(21)11-5-6-14-10(9-11)7-8-20-14/h1-9,15,20-21H. The third kappa shape index (κ3) is 2.52. The minimum absolute atomic E-state index is 0.139. The third-order valence-corrected chi connectivity index (χ3v) is 3.45. The van der Waals surface area contributed by atoms with Crippen LogP contribution in [0, 0.1) is 0 Å². The van der Waals surface area contributed by atoms with Gasteiger partial charge in [-0.25, -0.2) is 0 Å². The quantitative estimate of drug-likeness (QED) is 0.727. The molecule has 0 saturated carbocycles. The first-order valence-corrected chi connectivity index (χ1v) is 6.38. The predicted molar refractivity (Wildman–Crippen MR) is 73.8 cm³/mol. The topological polar surface area (TPSA) is 36.0 Å². The normalized spacial score (nSPS) is 13.5. The van der Waals surface area contributed by atoms with Gasteiger partial charge in [-0.3, -0.25) is 0 Å². The lowest BCUT2D eigenvalue weighted by molar-refractivity contribution is -0.139. The van der Waals surface area contributed by atoms with Crippen LogP contribution in [-0.2, 0) is 6.18 Å². The average molecular weight is 291 g/mol. The molecule has 0 radical (unpaired) electrons. The molecule has 108 valence electrons. The number of H-pyrrole nitrogens is 1. The average Bonchev–Trinajstić information content (AvgIpc) is 2.93. The Hall–Kier alpha value is -2.27. The van der Waals surface area contributed by atoms with Crippen molar-refractivity contribution in [3.63, 3.8) is 0 Å². The van der Waals surface area contributed by atoms with Crippen LogP contribution < -0.4 is 0 Å². The summed E-state index contributed by atoms with van der Waals surface area (Å²) < 4.78 is 39.0. The zero-order chi connectivity index (χ0) is 15.0. The minimum Gasteiger partial charge on any atom is -0.384 e. The summed E-state index contributed by atoms with van der Waals surface area (Å²) in [6.45, 7) is 0. The summed E-state index contributed by atoms with van der Waals surface area (Å²) in [5.41, 5.74) is 0.348. The fourth-order valence-corrected chi connectivity index (χ4v) is 2.42. The van der Waals surface area contributed by atoms with Crippen molar-refractivity contribution in [3.05, 3.63) is 71.4 Å². The van der Waals surface area contributed by atoms with Gasteiger partial charge in [0.05, 0.1) is 5.56 Å². The molecule has 3 rings (SSSR count). The van der Waals surface area contributed by atoms with Crippen LogP contribution in [0.3, 0.4) is 0 Å². The van der Waals surface area contributed by atoms with E-state index in [-0.39, 0.29) is 5.56 Å². The van der Waals surface area contributed by atoms with E-state index in [2.05, 4.69) is 4.98 Å². The van der Waals surface area contributed by atoms with Crippen molar-refractivity contribution in [2.45, 2.75) is 12.3 Å². The number of aromatic amines is 1. The first-order chi connectivity index (χ1) is 9.97. The molecule has 1 aromatic heterocycles. The summed E-state index contributed by atoms with van der Waals surface area (Å²) >= 11 is 0. The van der Waals surface area contributed by atoms with Crippen LogP contribution in [0.4, 0.5) is 13.2 Å². The molecule has 1 atom stereocenters. The number of nitrogens with one attached hydrogen (secondary N) is 1. The summed E-state index contributed by atoms with van der Waals surface area (Å²) in [6.07, 6.45) is -4.07. The zero-order valence-corrected chi connectivity index (χ0v) is 10.9. The largest absolute Gasteiger partial charge is 0.416 e. The van der Waals surface area contributed by atoms with E-state index < -0.39 is 17.8 Å². The fraction of sp³-hybridized carbons (Fsp3) is 0.125. The highest BCUT2D eigenvalue weighted by molar-refractivity contribution is 5.80. The van der Waals surface area contributed by atoms with E-state index in [1.54, 1.807) is 30.5 Å². The summed E-state index contributed by atoms with van der Waals surface area (Å²) in [6, 6.07) is 11.9. The van der Waals surface area contributed by atoms with Crippen molar-refractivity contribution in [3.8, 4) is 0 Å². The molecule has 0 saturated heterocycles. The molecule has 1 heterocycles. The molecule has 3 aromatic rings. The van der Waals surface area contributed by atoms with E-state index in [0.29, 0.717) is 5.56 Å². The number of aliphatic hydroxyl groups excluding tert-OH is 1. The molecule has 0 aliphatic heterocycles. The Morgan fingerprint density at radius 1 is 1.00 bits per heavy atom. The molecular formula is C16H12F3NO. The van der Waals surface area contributed by atoms with Gasteiger partial charge in [-0.05, 0) is 40.8 Å². The second-order valence-corrected chi connectivity index (χ2v) is 4.81. The van der Waals surface area contributed by atoms with Crippen molar-refractivity contribution in [2.75, 3.05) is 0 Å². The molecule has 2 N–H and O–H groups in total. The van der Waals surface area contributed by atoms with E-state index in [1.165, 1.54) is 18.2 Å². The number of halogens is 3. The first-order valence-electron chi connectivity index (χ1n) is 6.38. The van der Waals surface area contributed by atoms with Crippen LogP contribution in [0.25, 0.3) is 10.9 Å². The van der Waals surface area contributed by atoms with Crippen LogP contribution in [0.1, 0.15) is 22.8 Å². The molecule has 21 heavy (non-hydrogen) atoms. The van der Waals surface area contributed by atoms with Gasteiger partial charge in [-0.15, -0.1) is 0 Å². The molecule has 5 heteroatoms. The first kappa shape index (κ1) is 13.7. The van der Waals surface area contributed by atoms with Crippen molar-refractivity contribution < 1.29 is 18.3 Å². The van der Waals surface area contributed by atoms with E-state index in [9.17, 15) is 18.3 Å². The van der Waals surface area contributed by atoms with Crippen LogP contribution in [0.2, 0.25) is 0 Å². The predicted octanol–water partition coefficient (Wildman–Crippen LogP) is 4.27. The highest BCUT2D eigenvalue weighted by Crippen LogP contribution is 2.36. The summed E-state index contributed by atoms with van der Waals surface area (Å²) in [5.74, 6) is 0. The molecule has 0 aliphatic carbocycles. The number of alkyl halides is 3. The van der Waals surface area contributed by atoms with Gasteiger partial charge >= 0.3 is 6.18 Å². The molecule has 2 aromatic carbocycles. The van der Waals surface area contributed by atoms with Crippen LogP contribution in [-0.4, -0.2) is 10.1 Å². The van der Waals surface area contributed by atoms with Gasteiger partial charge in [0.1, 0.15) is 6.10 Å². The van der Waals surface area contributed by atoms with Crippen molar-refractivity contribution in [2.24, 2.45) is 0 Å². The van der Waals surface area contributed by atoms with Gasteiger partial charge in [0.25, 0.3) is 0 Å². The highest BCUT2D eigenvalue weighted by atomic mass is 19.4. The molecular weight excluding hydrogens is 279 g/mol. The molecule has 0 spiro atoms. The Balaban J connectivity index is 2.07. The lowest BCUT2D eigenvalue weighted by atomic mass is 9.96. The van der Waals surface area contributed by atoms with E-state index >= 15 is 0 Å². The number of benzene rings is 2. The molecule has 2 nitrogen and oxygen atoms in total. The van der Waals surface area contributed by atoms with Crippen molar-refractivity contribution in [1.82, 2.24) is 4.98 Å². The second-order valence-electron chi connectivity index (χ2n) is 4.81. The Morgan fingerprint density at radius 2 is 1.76 bits per heavy atom. The van der Waals surface area contributed by atoms with Crippen LogP contribution in [0.5, 0.6) is 0 Å². The molecule has 0 fully saturated rings. The monoisotopic (exact) mass is 291 g/mol. The summed E-state index contributed by atoms with van der Waals surface area (Å²) in [5, 5.41) is 11.2. The highest BCUT2D eigenvalue weighted by Gasteiger charge is 2.34. The number of hydrogen-bond donors (Lipinski definition) is 2. The maximum atomic E-state index is 13.0. The number of aliphatic hydroxyl groups is 1. The third-order valence-electron chi connectivity index (χ3n) is 3.45. The maximum absolute atomic E-state index is 13.0. The van der Waals surface area contributed by atoms with Gasteiger partial charge in [0.15, 0.2) is 0 Å². The van der Waals surface area contributed by atoms with Crippen LogP contribution in [0.15, 0.2) is 54.7 Å². The van der Waals surface area contributed by atoms with Crippen molar-refractivity contribution >= 4 is 10.9 Å². The Kier molecular flexibility index (Phi) is 3.22. The second kappa shape index (κ2) is 4.93. The number of hydrogen-bond acceptors (Lipinski definition) is 1. The van der Waals surface area contributed by atoms with Gasteiger partial charge in [-0.1, -0.05) is 24.3 Å². The molecule has 1 unspecified atom stereocenters. The zero-order valence-electron chi connectivity index (χ0n) is 10.9. The minimum atomic E-state index is -4.49. The Labute approximate surface area is 118 Å². The number of fused-ring (bicyclic) bond motifs is 1. The van der Waals surface area contributed by atoms with Gasteiger partial charge in [0.2, 0.25) is 0 Å². The molecule has 0 amide bonds. The lowest BCUT2D eigenvalue weighted by Gasteiger charge is -2.17. The van der Waals surface area contributed by atoms with E-state index in [0.717, 1.165) is 17.0 Å². The summed E-state index contributed by atoms with van der Waals surface area (Å²) in [7, 11) is 0. The van der Waals surface area contributed by atoms with Gasteiger partial charge < -0.3 is 10.1 Å². The van der Waals surface area contributed by atoms with Gasteiger partial charge in [0, 0.05) is 11.7 Å². The number of aromatic nitrogens is 1.